The third-order valence-corrected chi connectivity index (χ3v) is 5.25. The van der Waals surface area contributed by atoms with Crippen LogP contribution in [-0.4, -0.2) is 26.2 Å². The quantitative estimate of drug-likeness (QED) is 0.336. The first-order valence-electron chi connectivity index (χ1n) is 8.04. The average Bonchev–Trinajstić information content (AvgIpc) is 3.04. The summed E-state index contributed by atoms with van der Waals surface area (Å²) in [6.07, 6.45) is 3.72. The second-order valence-corrected chi connectivity index (χ2v) is 7.38. The fourth-order valence-corrected chi connectivity index (χ4v) is 3.47. The number of imidazole rings is 1. The maximum atomic E-state index is 11.4. The Labute approximate surface area is 167 Å². The Hall–Kier alpha value is -2.78. The number of hydrogen-bond acceptors (Lipinski definition) is 6. The fourth-order valence-electron chi connectivity index (χ4n) is 2.63. The summed E-state index contributed by atoms with van der Waals surface area (Å²) in [5.41, 5.74) is 2.98. The third-order valence-electron chi connectivity index (χ3n) is 3.88. The first kappa shape index (κ1) is 17.6. The van der Waals surface area contributed by atoms with Crippen molar-refractivity contribution in [3.63, 3.8) is 0 Å². The molecule has 4 aromatic rings. The van der Waals surface area contributed by atoms with Gasteiger partial charge < -0.3 is 20.6 Å². The molecule has 0 spiro atoms. The highest BCUT2D eigenvalue weighted by Crippen LogP contribution is 2.30. The Bertz CT molecular complexity index is 1170. The molecule has 136 valence electrons. The molecule has 4 N–H and O–H groups in total. The second-order valence-electron chi connectivity index (χ2n) is 5.68. The summed E-state index contributed by atoms with van der Waals surface area (Å²) in [6, 6.07) is 13.5. The molecule has 4 rings (SSSR count). The van der Waals surface area contributed by atoms with Crippen LogP contribution in [0.1, 0.15) is 0 Å². The zero-order valence-corrected chi connectivity index (χ0v) is 16.6. The number of hydrogen-bond donors (Lipinski definition) is 4. The Morgan fingerprint density at radius 2 is 1.89 bits per heavy atom. The van der Waals surface area contributed by atoms with E-state index < -0.39 is 0 Å². The highest BCUT2D eigenvalue weighted by atomic mass is 79.9. The van der Waals surface area contributed by atoms with Gasteiger partial charge in [0, 0.05) is 16.8 Å². The van der Waals surface area contributed by atoms with E-state index in [-0.39, 0.29) is 5.69 Å². The Kier molecular flexibility index (Phi) is 4.87. The summed E-state index contributed by atoms with van der Waals surface area (Å²) in [5, 5.41) is 6.50. The molecule has 2 heterocycles. The van der Waals surface area contributed by atoms with Gasteiger partial charge in [-0.1, -0.05) is 12.1 Å². The number of aromatic amines is 2. The minimum atomic E-state index is -0.235. The number of nitrogens with zero attached hydrogens (tertiary/aromatic N) is 2. The van der Waals surface area contributed by atoms with Crippen molar-refractivity contribution in [3.05, 3.63) is 63.6 Å². The van der Waals surface area contributed by atoms with Crippen molar-refractivity contribution in [2.24, 2.45) is 0 Å². The van der Waals surface area contributed by atoms with Crippen molar-refractivity contribution in [2.75, 3.05) is 16.9 Å². The van der Waals surface area contributed by atoms with Crippen LogP contribution in [0, 0.1) is 0 Å². The topological polar surface area (TPSA) is 98.5 Å². The van der Waals surface area contributed by atoms with Crippen molar-refractivity contribution in [2.45, 2.75) is 4.90 Å². The van der Waals surface area contributed by atoms with Crippen molar-refractivity contribution in [3.8, 4) is 0 Å². The van der Waals surface area contributed by atoms with Gasteiger partial charge >= 0.3 is 5.69 Å². The summed E-state index contributed by atoms with van der Waals surface area (Å²) in [5.74, 6) is 1.10. The van der Waals surface area contributed by atoms with Crippen LogP contribution in [0.15, 0.2) is 62.8 Å². The van der Waals surface area contributed by atoms with E-state index in [0.717, 1.165) is 26.3 Å². The van der Waals surface area contributed by atoms with Crippen molar-refractivity contribution < 1.29 is 0 Å². The minimum Gasteiger partial charge on any atom is -0.338 e. The normalized spacial score (nSPS) is 10.9. The lowest BCUT2D eigenvalue weighted by molar-refractivity contribution is 1.15. The molecule has 0 fully saturated rings. The van der Waals surface area contributed by atoms with Gasteiger partial charge in [-0.15, -0.1) is 11.8 Å². The van der Waals surface area contributed by atoms with E-state index >= 15 is 0 Å². The van der Waals surface area contributed by atoms with E-state index in [2.05, 4.69) is 46.5 Å². The number of H-pyrrole nitrogens is 2. The second kappa shape index (κ2) is 7.45. The van der Waals surface area contributed by atoms with Crippen molar-refractivity contribution in [1.82, 2.24) is 19.9 Å². The molecule has 0 saturated heterocycles. The monoisotopic (exact) mass is 442 g/mol. The van der Waals surface area contributed by atoms with Gasteiger partial charge in [-0.3, -0.25) is 0 Å². The van der Waals surface area contributed by atoms with Crippen LogP contribution in [0.25, 0.3) is 11.0 Å². The highest BCUT2D eigenvalue weighted by Gasteiger charge is 2.09. The van der Waals surface area contributed by atoms with E-state index in [9.17, 15) is 4.79 Å². The highest BCUT2D eigenvalue weighted by molar-refractivity contribution is 9.10. The molecule has 0 aliphatic heterocycles. The number of anilines is 4. The molecule has 7 nitrogen and oxygen atoms in total. The molecule has 0 aliphatic rings. The number of benzene rings is 2. The predicted molar refractivity (Wildman–Crippen MR) is 113 cm³/mol. The number of nitrogens with one attached hydrogen (secondary N) is 4. The summed E-state index contributed by atoms with van der Waals surface area (Å²) < 4.78 is 0.759. The maximum absolute atomic E-state index is 11.4. The van der Waals surface area contributed by atoms with Gasteiger partial charge in [0.05, 0.1) is 21.2 Å². The molecule has 0 unspecified atom stereocenters. The molecule has 27 heavy (non-hydrogen) atoms. The largest absolute Gasteiger partial charge is 0.338 e. The summed E-state index contributed by atoms with van der Waals surface area (Å²) in [7, 11) is 0. The van der Waals surface area contributed by atoms with E-state index in [1.807, 2.05) is 48.7 Å². The lowest BCUT2D eigenvalue weighted by Gasteiger charge is -2.12. The van der Waals surface area contributed by atoms with Crippen LogP contribution in [0.5, 0.6) is 0 Å². The molecule has 0 atom stereocenters. The minimum absolute atomic E-state index is 0.235. The summed E-state index contributed by atoms with van der Waals surface area (Å²) in [6.45, 7) is 0. The molecular formula is C18H15BrN6OS. The van der Waals surface area contributed by atoms with Crippen LogP contribution in [-0.2, 0) is 0 Å². The molecular weight excluding hydrogens is 428 g/mol. The Morgan fingerprint density at radius 3 is 2.74 bits per heavy atom. The molecule has 2 aromatic heterocycles. The predicted octanol–water partition coefficient (Wildman–Crippen LogP) is 4.62. The van der Waals surface area contributed by atoms with Gasteiger partial charge in [0.15, 0.2) is 0 Å². The molecule has 9 heteroatoms. The van der Waals surface area contributed by atoms with Gasteiger partial charge in [0.25, 0.3) is 0 Å². The number of fused-ring (bicyclic) bond motifs is 1. The first-order chi connectivity index (χ1) is 13.1. The first-order valence-corrected chi connectivity index (χ1v) is 10.1. The SMILES string of the molecule is CSc1ccccc1Nc1nc(Nc2ccc3[nH]c(=O)[nH]c3c2)ncc1Br. The molecule has 0 saturated carbocycles. The smallest absolute Gasteiger partial charge is 0.323 e. The van der Waals surface area contributed by atoms with Crippen LogP contribution in [0.4, 0.5) is 23.1 Å². The number of rotatable bonds is 5. The van der Waals surface area contributed by atoms with E-state index in [1.165, 1.54) is 0 Å². The number of halogens is 1. The van der Waals surface area contributed by atoms with Crippen LogP contribution in [0.3, 0.4) is 0 Å². The molecule has 0 amide bonds. The van der Waals surface area contributed by atoms with Gasteiger partial charge in [-0.25, -0.2) is 9.78 Å². The van der Waals surface area contributed by atoms with E-state index in [0.29, 0.717) is 17.3 Å². The Morgan fingerprint density at radius 1 is 1.07 bits per heavy atom. The average molecular weight is 443 g/mol. The molecule has 0 radical (unpaired) electrons. The number of thioether (sulfide) groups is 1. The van der Waals surface area contributed by atoms with Gasteiger partial charge in [-0.05, 0) is 52.5 Å². The van der Waals surface area contributed by atoms with Crippen molar-refractivity contribution >= 4 is 61.9 Å². The van der Waals surface area contributed by atoms with Crippen LogP contribution >= 0.6 is 27.7 Å². The molecule has 0 aliphatic carbocycles. The third kappa shape index (κ3) is 3.83. The molecule has 2 aromatic carbocycles. The lowest BCUT2D eigenvalue weighted by Crippen LogP contribution is -2.02. The Balaban J connectivity index is 1.62. The number of para-hydroxylation sites is 1. The van der Waals surface area contributed by atoms with Gasteiger partial charge in [-0.2, -0.15) is 4.98 Å². The zero-order chi connectivity index (χ0) is 18.8. The summed E-state index contributed by atoms with van der Waals surface area (Å²) >= 11 is 5.15. The number of aromatic nitrogens is 4. The lowest BCUT2D eigenvalue weighted by atomic mass is 10.3. The van der Waals surface area contributed by atoms with Gasteiger partial charge in [0.2, 0.25) is 5.95 Å². The van der Waals surface area contributed by atoms with E-state index in [4.69, 9.17) is 0 Å². The van der Waals surface area contributed by atoms with Gasteiger partial charge in [0.1, 0.15) is 5.82 Å². The standard InChI is InChI=1S/C18H15BrN6OS/c1-27-15-5-3-2-4-13(15)22-16-11(19)9-20-17(25-16)21-10-6-7-12-14(8-10)24-18(26)23-12/h2-9H,1H3,(H2,23,24,26)(H2,20,21,22,25). The van der Waals surface area contributed by atoms with Crippen molar-refractivity contribution in [1.29, 1.82) is 0 Å². The fraction of sp³-hybridized carbons (Fsp3) is 0.0556. The zero-order valence-electron chi connectivity index (χ0n) is 14.2. The van der Waals surface area contributed by atoms with E-state index in [1.54, 1.807) is 18.0 Å². The van der Waals surface area contributed by atoms with Crippen LogP contribution in [0.2, 0.25) is 0 Å². The maximum Gasteiger partial charge on any atom is 0.323 e. The molecule has 0 bridgehead atoms. The van der Waals surface area contributed by atoms with Crippen LogP contribution < -0.4 is 16.3 Å². The summed E-state index contributed by atoms with van der Waals surface area (Å²) in [4.78, 5) is 26.8.